The van der Waals surface area contributed by atoms with Gasteiger partial charge in [0.05, 0.1) is 0 Å². The van der Waals surface area contributed by atoms with Gasteiger partial charge in [0.15, 0.2) is 5.65 Å². The first-order valence-corrected chi connectivity index (χ1v) is 5.61. The number of aromatic nitrogens is 3. The number of hydrogen-bond acceptors (Lipinski definition) is 4. The molecule has 2 aromatic rings. The first kappa shape index (κ1) is 9.51. The van der Waals surface area contributed by atoms with Crippen molar-refractivity contribution in [3.05, 3.63) is 24.5 Å². The van der Waals surface area contributed by atoms with Gasteiger partial charge in [0.1, 0.15) is 11.3 Å². The second-order valence-corrected chi connectivity index (χ2v) is 4.63. The molecule has 0 saturated heterocycles. The lowest BCUT2D eigenvalue weighted by molar-refractivity contribution is 0.306. The van der Waals surface area contributed by atoms with Gasteiger partial charge < -0.3 is 5.32 Å². The molecule has 0 amide bonds. The second-order valence-electron chi connectivity index (χ2n) is 4.63. The average Bonchev–Trinajstić information content (AvgIpc) is 2.27. The molecule has 0 atom stereocenters. The summed E-state index contributed by atoms with van der Waals surface area (Å²) in [6.45, 7) is 2.24. The summed E-state index contributed by atoms with van der Waals surface area (Å²) in [5.41, 5.74) is 1.77. The molecule has 1 aliphatic rings. The fraction of sp³-hybridized carbons (Fsp3) is 0.417. The monoisotopic (exact) mass is 214 g/mol. The van der Waals surface area contributed by atoms with Gasteiger partial charge in [0.2, 0.25) is 0 Å². The van der Waals surface area contributed by atoms with Crippen LogP contribution in [0, 0.1) is 0 Å². The van der Waals surface area contributed by atoms with Gasteiger partial charge in [-0.15, -0.1) is 0 Å². The minimum atomic E-state index is 0.225. The van der Waals surface area contributed by atoms with Crippen molar-refractivity contribution in [3.63, 3.8) is 0 Å². The highest BCUT2D eigenvalue weighted by Crippen LogP contribution is 2.34. The summed E-state index contributed by atoms with van der Waals surface area (Å²) in [5, 5.41) is 3.47. The zero-order chi connectivity index (χ0) is 11.0. The number of hydrogen-bond donors (Lipinski definition) is 1. The molecular weight excluding hydrogens is 200 g/mol. The molecule has 0 spiro atoms. The Kier molecular flexibility index (Phi) is 2.02. The van der Waals surface area contributed by atoms with Gasteiger partial charge in [-0.2, -0.15) is 0 Å². The Labute approximate surface area is 94.1 Å². The largest absolute Gasteiger partial charge is 0.365 e. The van der Waals surface area contributed by atoms with E-state index in [4.69, 9.17) is 0 Å². The normalized spacial score (nSPS) is 18.1. The van der Waals surface area contributed by atoms with Gasteiger partial charge in [0.25, 0.3) is 0 Å². The molecule has 3 rings (SSSR count). The van der Waals surface area contributed by atoms with E-state index in [0.29, 0.717) is 5.65 Å². The molecule has 2 heterocycles. The first-order chi connectivity index (χ1) is 7.75. The van der Waals surface area contributed by atoms with E-state index in [-0.39, 0.29) is 5.54 Å². The molecule has 4 heteroatoms. The number of anilines is 1. The van der Waals surface area contributed by atoms with Gasteiger partial charge in [-0.1, -0.05) is 0 Å². The molecule has 0 radical (unpaired) electrons. The highest BCUT2D eigenvalue weighted by molar-refractivity contribution is 5.71. The van der Waals surface area contributed by atoms with E-state index in [0.717, 1.165) is 11.3 Å². The van der Waals surface area contributed by atoms with Crippen LogP contribution in [0.15, 0.2) is 24.5 Å². The summed E-state index contributed by atoms with van der Waals surface area (Å²) < 4.78 is 0. The van der Waals surface area contributed by atoms with Crippen LogP contribution < -0.4 is 5.32 Å². The zero-order valence-corrected chi connectivity index (χ0v) is 9.27. The molecule has 0 bridgehead atoms. The van der Waals surface area contributed by atoms with E-state index >= 15 is 0 Å². The average molecular weight is 214 g/mol. The van der Waals surface area contributed by atoms with Gasteiger partial charge in [-0.05, 0) is 38.3 Å². The smallest absolute Gasteiger partial charge is 0.180 e. The lowest BCUT2D eigenvalue weighted by Crippen LogP contribution is -2.41. The molecule has 1 saturated carbocycles. The molecule has 0 aliphatic heterocycles. The zero-order valence-electron chi connectivity index (χ0n) is 9.27. The SMILES string of the molecule is CC1(Nc2ccc3nccnc3n2)CCC1. The Bertz CT molecular complexity index is 519. The fourth-order valence-electron chi connectivity index (χ4n) is 2.07. The highest BCUT2D eigenvalue weighted by atomic mass is 15.1. The lowest BCUT2D eigenvalue weighted by atomic mass is 9.78. The van der Waals surface area contributed by atoms with E-state index in [9.17, 15) is 0 Å². The molecule has 1 N–H and O–H groups in total. The van der Waals surface area contributed by atoms with Gasteiger partial charge >= 0.3 is 0 Å². The maximum atomic E-state index is 4.46. The molecule has 1 aliphatic carbocycles. The number of nitrogens with one attached hydrogen (secondary N) is 1. The third kappa shape index (κ3) is 1.60. The molecule has 82 valence electrons. The predicted molar refractivity (Wildman–Crippen MR) is 63.2 cm³/mol. The van der Waals surface area contributed by atoms with Crippen LogP contribution in [0.3, 0.4) is 0 Å². The van der Waals surface area contributed by atoms with Crippen LogP contribution >= 0.6 is 0 Å². The van der Waals surface area contributed by atoms with Gasteiger partial charge in [0, 0.05) is 17.9 Å². The second kappa shape index (κ2) is 3.40. The fourth-order valence-corrected chi connectivity index (χ4v) is 2.07. The maximum absolute atomic E-state index is 4.46. The topological polar surface area (TPSA) is 50.7 Å². The van der Waals surface area contributed by atoms with Crippen molar-refractivity contribution in [2.75, 3.05) is 5.32 Å². The van der Waals surface area contributed by atoms with E-state index in [1.807, 2.05) is 12.1 Å². The summed E-state index contributed by atoms with van der Waals surface area (Å²) in [4.78, 5) is 12.9. The van der Waals surface area contributed by atoms with Crippen LogP contribution in [-0.4, -0.2) is 20.5 Å². The summed E-state index contributed by atoms with van der Waals surface area (Å²) in [6, 6.07) is 3.93. The number of fused-ring (bicyclic) bond motifs is 1. The number of rotatable bonds is 2. The molecule has 0 aromatic carbocycles. The third-order valence-corrected chi connectivity index (χ3v) is 3.22. The molecule has 2 aromatic heterocycles. The van der Waals surface area contributed by atoms with Crippen LogP contribution in [0.1, 0.15) is 26.2 Å². The van der Waals surface area contributed by atoms with Crippen molar-refractivity contribution in [2.24, 2.45) is 0 Å². The van der Waals surface area contributed by atoms with Crippen LogP contribution in [0.4, 0.5) is 5.82 Å². The summed E-state index contributed by atoms with van der Waals surface area (Å²) in [5.74, 6) is 0.898. The Morgan fingerprint density at radius 1 is 1.19 bits per heavy atom. The van der Waals surface area contributed by atoms with Gasteiger partial charge in [-0.3, -0.25) is 4.98 Å². The van der Waals surface area contributed by atoms with E-state index in [1.54, 1.807) is 12.4 Å². The summed E-state index contributed by atoms with van der Waals surface area (Å²) in [7, 11) is 0. The van der Waals surface area contributed by atoms with Crippen molar-refractivity contribution in [2.45, 2.75) is 31.7 Å². The third-order valence-electron chi connectivity index (χ3n) is 3.22. The van der Waals surface area contributed by atoms with E-state index < -0.39 is 0 Å². The summed E-state index contributed by atoms with van der Waals surface area (Å²) >= 11 is 0. The van der Waals surface area contributed by atoms with Crippen molar-refractivity contribution in [1.29, 1.82) is 0 Å². The minimum Gasteiger partial charge on any atom is -0.365 e. The van der Waals surface area contributed by atoms with E-state index in [1.165, 1.54) is 19.3 Å². The Morgan fingerprint density at radius 2 is 2.00 bits per heavy atom. The molecule has 16 heavy (non-hydrogen) atoms. The molecule has 1 fully saturated rings. The van der Waals surface area contributed by atoms with Crippen LogP contribution in [-0.2, 0) is 0 Å². The van der Waals surface area contributed by atoms with E-state index in [2.05, 4.69) is 27.2 Å². The first-order valence-electron chi connectivity index (χ1n) is 5.61. The quantitative estimate of drug-likeness (QED) is 0.833. The predicted octanol–water partition coefficient (Wildman–Crippen LogP) is 2.38. The number of nitrogens with zero attached hydrogens (tertiary/aromatic N) is 3. The highest BCUT2D eigenvalue weighted by Gasteiger charge is 2.31. The standard InChI is InChI=1S/C12H14N4/c1-12(5-2-6-12)16-10-4-3-9-11(15-10)14-8-7-13-9/h3-4,7-8H,2,5-6H2,1H3,(H,14,15,16). The van der Waals surface area contributed by atoms with Gasteiger partial charge in [-0.25, -0.2) is 9.97 Å². The van der Waals surface area contributed by atoms with Crippen molar-refractivity contribution in [1.82, 2.24) is 15.0 Å². The van der Waals surface area contributed by atoms with Crippen LogP contribution in [0.2, 0.25) is 0 Å². The van der Waals surface area contributed by atoms with Crippen molar-refractivity contribution >= 4 is 17.0 Å². The van der Waals surface area contributed by atoms with Crippen molar-refractivity contribution < 1.29 is 0 Å². The van der Waals surface area contributed by atoms with Crippen molar-refractivity contribution in [3.8, 4) is 0 Å². The maximum Gasteiger partial charge on any atom is 0.180 e. The lowest BCUT2D eigenvalue weighted by Gasteiger charge is -2.39. The molecule has 4 nitrogen and oxygen atoms in total. The Morgan fingerprint density at radius 3 is 2.75 bits per heavy atom. The Balaban J connectivity index is 1.93. The minimum absolute atomic E-state index is 0.225. The molecule has 0 unspecified atom stereocenters. The molecular formula is C12H14N4. The Hall–Kier alpha value is -1.71. The summed E-state index contributed by atoms with van der Waals surface area (Å²) in [6.07, 6.45) is 7.09. The van der Waals surface area contributed by atoms with Crippen LogP contribution in [0.5, 0.6) is 0 Å². The number of pyridine rings is 1. The van der Waals surface area contributed by atoms with Crippen LogP contribution in [0.25, 0.3) is 11.2 Å².